The number of halogens is 1. The van der Waals surface area contributed by atoms with Crippen molar-refractivity contribution in [1.82, 2.24) is 9.97 Å². The van der Waals surface area contributed by atoms with Crippen LogP contribution >= 0.6 is 11.6 Å². The highest BCUT2D eigenvalue weighted by Gasteiger charge is 2.25. The summed E-state index contributed by atoms with van der Waals surface area (Å²) < 4.78 is 0. The van der Waals surface area contributed by atoms with E-state index in [0.29, 0.717) is 11.9 Å². The number of hydrogen-bond acceptors (Lipinski definition) is 4. The van der Waals surface area contributed by atoms with Crippen LogP contribution in [-0.2, 0) is 0 Å². The maximum absolute atomic E-state index is 11.0. The van der Waals surface area contributed by atoms with Crippen LogP contribution < -0.4 is 10.6 Å². The van der Waals surface area contributed by atoms with Gasteiger partial charge in [-0.1, -0.05) is 0 Å². The Kier molecular flexibility index (Phi) is 2.48. The van der Waals surface area contributed by atoms with Crippen molar-refractivity contribution in [2.45, 2.75) is 19.4 Å². The molecule has 2 N–H and O–H groups in total. The second-order valence-electron chi connectivity index (χ2n) is 3.58. The van der Waals surface area contributed by atoms with Crippen molar-refractivity contribution >= 4 is 23.3 Å². The first kappa shape index (κ1) is 10.2. The standard InChI is InChI=1S/C9H11ClN4O/c1-5-2-3-14(5)7-4-6(8(11)15)12-9(10)13-7/h4-5H,2-3H2,1H3,(H2,11,15). The van der Waals surface area contributed by atoms with Crippen molar-refractivity contribution in [3.05, 3.63) is 17.0 Å². The Morgan fingerprint density at radius 2 is 2.40 bits per heavy atom. The minimum absolute atomic E-state index is 0.0559. The number of nitrogens with two attached hydrogens (primary N) is 1. The van der Waals surface area contributed by atoms with Crippen LogP contribution in [0, 0.1) is 0 Å². The van der Waals surface area contributed by atoms with Crippen molar-refractivity contribution < 1.29 is 4.79 Å². The maximum Gasteiger partial charge on any atom is 0.267 e. The van der Waals surface area contributed by atoms with Crippen LogP contribution in [0.1, 0.15) is 23.8 Å². The normalized spacial score (nSPS) is 19.9. The summed E-state index contributed by atoms with van der Waals surface area (Å²) in [4.78, 5) is 20.8. The molecule has 0 aromatic carbocycles. The van der Waals surface area contributed by atoms with E-state index >= 15 is 0 Å². The fourth-order valence-corrected chi connectivity index (χ4v) is 1.71. The van der Waals surface area contributed by atoms with Gasteiger partial charge in [0.2, 0.25) is 5.28 Å². The Morgan fingerprint density at radius 1 is 1.67 bits per heavy atom. The lowest BCUT2D eigenvalue weighted by Gasteiger charge is -2.39. The highest BCUT2D eigenvalue weighted by Crippen LogP contribution is 2.25. The lowest BCUT2D eigenvalue weighted by molar-refractivity contribution is 0.0995. The fourth-order valence-electron chi connectivity index (χ4n) is 1.54. The first-order valence-corrected chi connectivity index (χ1v) is 5.07. The van der Waals surface area contributed by atoms with E-state index < -0.39 is 5.91 Å². The number of aromatic nitrogens is 2. The fraction of sp³-hybridized carbons (Fsp3) is 0.444. The summed E-state index contributed by atoms with van der Waals surface area (Å²) >= 11 is 5.71. The Balaban J connectivity index is 2.35. The highest BCUT2D eigenvalue weighted by molar-refractivity contribution is 6.28. The van der Waals surface area contributed by atoms with Crippen molar-refractivity contribution in [2.24, 2.45) is 5.73 Å². The molecular formula is C9H11ClN4O. The van der Waals surface area contributed by atoms with Crippen LogP contribution in [0.2, 0.25) is 5.28 Å². The minimum atomic E-state index is -0.589. The van der Waals surface area contributed by atoms with Crippen LogP contribution in [0.5, 0.6) is 0 Å². The monoisotopic (exact) mass is 226 g/mol. The third-order valence-corrected chi connectivity index (χ3v) is 2.72. The molecule has 1 aromatic rings. The second kappa shape index (κ2) is 3.66. The van der Waals surface area contributed by atoms with E-state index in [-0.39, 0.29) is 11.0 Å². The molecule has 1 aliphatic rings. The van der Waals surface area contributed by atoms with Crippen LogP contribution in [-0.4, -0.2) is 28.5 Å². The number of carbonyl (C=O) groups excluding carboxylic acids is 1. The summed E-state index contributed by atoms with van der Waals surface area (Å²) in [6.07, 6.45) is 1.12. The molecule has 1 aliphatic heterocycles. The molecule has 0 saturated carbocycles. The molecular weight excluding hydrogens is 216 g/mol. The molecule has 1 unspecified atom stereocenters. The van der Waals surface area contributed by atoms with Gasteiger partial charge < -0.3 is 10.6 Å². The van der Waals surface area contributed by atoms with E-state index in [0.717, 1.165) is 13.0 Å². The van der Waals surface area contributed by atoms with Crippen LogP contribution in [0.25, 0.3) is 0 Å². The molecule has 2 rings (SSSR count). The molecule has 1 saturated heterocycles. The molecule has 0 spiro atoms. The molecule has 1 fully saturated rings. The molecule has 6 heteroatoms. The van der Waals surface area contributed by atoms with E-state index in [1.807, 2.05) is 0 Å². The van der Waals surface area contributed by atoms with Crippen molar-refractivity contribution in [3.8, 4) is 0 Å². The molecule has 1 amide bonds. The lowest BCUT2D eigenvalue weighted by atomic mass is 10.1. The topological polar surface area (TPSA) is 72.1 Å². The first-order chi connectivity index (χ1) is 7.08. The summed E-state index contributed by atoms with van der Waals surface area (Å²) in [6, 6.07) is 2.00. The number of hydrogen-bond donors (Lipinski definition) is 1. The number of rotatable bonds is 2. The number of anilines is 1. The number of carbonyl (C=O) groups is 1. The molecule has 0 bridgehead atoms. The molecule has 80 valence electrons. The minimum Gasteiger partial charge on any atom is -0.364 e. The quantitative estimate of drug-likeness (QED) is 0.759. The molecule has 5 nitrogen and oxygen atoms in total. The average molecular weight is 227 g/mol. The predicted molar refractivity (Wildman–Crippen MR) is 57.0 cm³/mol. The van der Waals surface area contributed by atoms with Crippen molar-refractivity contribution in [3.63, 3.8) is 0 Å². The van der Waals surface area contributed by atoms with Crippen molar-refractivity contribution in [2.75, 3.05) is 11.4 Å². The zero-order valence-electron chi connectivity index (χ0n) is 8.27. The molecule has 2 heterocycles. The largest absolute Gasteiger partial charge is 0.364 e. The zero-order valence-corrected chi connectivity index (χ0v) is 9.03. The van der Waals surface area contributed by atoms with E-state index in [1.165, 1.54) is 0 Å². The molecule has 0 radical (unpaired) electrons. The predicted octanol–water partition coefficient (Wildman–Crippen LogP) is 0.827. The number of amides is 1. The average Bonchev–Trinajstić information content (AvgIpc) is 2.14. The Morgan fingerprint density at radius 3 is 2.87 bits per heavy atom. The summed E-state index contributed by atoms with van der Waals surface area (Å²) in [5.74, 6) is 0.0799. The Labute approximate surface area is 92.3 Å². The van der Waals surface area contributed by atoms with E-state index in [4.69, 9.17) is 17.3 Å². The molecule has 0 aliphatic carbocycles. The molecule has 1 aromatic heterocycles. The molecule has 1 atom stereocenters. The van der Waals surface area contributed by atoms with Crippen molar-refractivity contribution in [1.29, 1.82) is 0 Å². The van der Waals surface area contributed by atoms with Gasteiger partial charge in [0.15, 0.2) is 0 Å². The summed E-state index contributed by atoms with van der Waals surface area (Å²) in [6.45, 7) is 3.01. The van der Waals surface area contributed by atoms with E-state index in [2.05, 4.69) is 21.8 Å². The number of nitrogens with zero attached hydrogens (tertiary/aromatic N) is 3. The third-order valence-electron chi connectivity index (χ3n) is 2.55. The van der Waals surface area contributed by atoms with Gasteiger partial charge in [-0.15, -0.1) is 0 Å². The van der Waals surface area contributed by atoms with Gasteiger partial charge in [-0.05, 0) is 24.9 Å². The second-order valence-corrected chi connectivity index (χ2v) is 3.91. The smallest absolute Gasteiger partial charge is 0.267 e. The first-order valence-electron chi connectivity index (χ1n) is 4.69. The third kappa shape index (κ3) is 1.87. The van der Waals surface area contributed by atoms with Crippen LogP contribution in [0.3, 0.4) is 0 Å². The summed E-state index contributed by atoms with van der Waals surface area (Å²) in [5, 5.41) is 0.0559. The highest BCUT2D eigenvalue weighted by atomic mass is 35.5. The van der Waals surface area contributed by atoms with Gasteiger partial charge in [0, 0.05) is 18.7 Å². The van der Waals surface area contributed by atoms with Gasteiger partial charge in [0.25, 0.3) is 5.91 Å². The SMILES string of the molecule is CC1CCN1c1cc(C(N)=O)nc(Cl)n1. The van der Waals surface area contributed by atoms with E-state index in [9.17, 15) is 4.79 Å². The van der Waals surface area contributed by atoms with Crippen LogP contribution in [0.15, 0.2) is 6.07 Å². The summed E-state index contributed by atoms with van der Waals surface area (Å²) in [7, 11) is 0. The van der Waals surface area contributed by atoms with Gasteiger partial charge >= 0.3 is 0 Å². The van der Waals surface area contributed by atoms with Gasteiger partial charge in [-0.3, -0.25) is 4.79 Å². The zero-order chi connectivity index (χ0) is 11.0. The Bertz CT molecular complexity index is 409. The maximum atomic E-state index is 11.0. The lowest BCUT2D eigenvalue weighted by Crippen LogP contribution is -2.46. The molecule has 15 heavy (non-hydrogen) atoms. The van der Waals surface area contributed by atoms with Gasteiger partial charge in [-0.2, -0.15) is 0 Å². The Hall–Kier alpha value is -1.36. The van der Waals surface area contributed by atoms with Gasteiger partial charge in [0.05, 0.1) is 0 Å². The van der Waals surface area contributed by atoms with E-state index in [1.54, 1.807) is 6.07 Å². The van der Waals surface area contributed by atoms with Gasteiger partial charge in [-0.25, -0.2) is 9.97 Å². The van der Waals surface area contributed by atoms with Gasteiger partial charge in [0.1, 0.15) is 11.5 Å². The summed E-state index contributed by atoms with van der Waals surface area (Å²) in [5.41, 5.74) is 5.30. The number of primary amides is 1. The van der Waals surface area contributed by atoms with Crippen LogP contribution in [0.4, 0.5) is 5.82 Å².